The molecule has 0 saturated heterocycles. The molecule has 7 heteroatoms. The van der Waals surface area contributed by atoms with Crippen molar-refractivity contribution >= 4 is 26.8 Å². The lowest BCUT2D eigenvalue weighted by molar-refractivity contribution is -0.0867. The minimum Gasteiger partial charge on any atom is -0.506 e. The van der Waals surface area contributed by atoms with Gasteiger partial charge in [0.05, 0.1) is 17.0 Å². The lowest BCUT2D eigenvalue weighted by Gasteiger charge is -2.56. The molecule has 0 unspecified atom stereocenters. The summed E-state index contributed by atoms with van der Waals surface area (Å²) >= 11 is 1.59. The molecule has 0 radical (unpaired) electrons. The van der Waals surface area contributed by atoms with Gasteiger partial charge in [0.15, 0.2) is 10.8 Å². The number of thiazole rings is 1. The molecule has 6 nitrogen and oxygen atoms in total. The summed E-state index contributed by atoms with van der Waals surface area (Å²) in [5.74, 6) is 0.235. The van der Waals surface area contributed by atoms with E-state index in [0.29, 0.717) is 22.8 Å². The van der Waals surface area contributed by atoms with Crippen LogP contribution in [0.1, 0.15) is 36.8 Å². The zero-order valence-electron chi connectivity index (χ0n) is 14.9. The quantitative estimate of drug-likeness (QED) is 0.657. The Bertz CT molecular complexity index is 940. The predicted octanol–water partition coefficient (Wildman–Crippen LogP) is 3.52. The molecule has 2 aliphatic carbocycles. The van der Waals surface area contributed by atoms with Crippen LogP contribution in [0.3, 0.4) is 0 Å². The van der Waals surface area contributed by atoms with Crippen molar-refractivity contribution in [3.63, 3.8) is 0 Å². The summed E-state index contributed by atoms with van der Waals surface area (Å²) in [5.41, 5.74) is 3.81. The Labute approximate surface area is 155 Å². The Morgan fingerprint density at radius 3 is 2.65 bits per heavy atom. The standard InChI is InChI=1S/C19H22N4O2S/c1-10-3-11(2)16(14(25)4-10)23-9-15-17(22-23)21-18(26-15)20-12-5-19(6-12)7-13(24)8-19/h3-4,9,12-13,24-25H,5-8H2,1-2H3,(H,20,21,22). The highest BCUT2D eigenvalue weighted by Crippen LogP contribution is 2.56. The number of fused-ring (bicyclic) bond motifs is 1. The fourth-order valence-electron chi connectivity index (χ4n) is 4.67. The highest BCUT2D eigenvalue weighted by Gasteiger charge is 2.52. The molecule has 3 aromatic rings. The first-order chi connectivity index (χ1) is 12.4. The van der Waals surface area contributed by atoms with E-state index in [1.165, 1.54) is 0 Å². The molecule has 136 valence electrons. The van der Waals surface area contributed by atoms with Gasteiger partial charge in [-0.05, 0) is 62.1 Å². The molecule has 1 spiro atoms. The zero-order valence-corrected chi connectivity index (χ0v) is 15.7. The van der Waals surface area contributed by atoms with Crippen LogP contribution in [0.2, 0.25) is 0 Å². The maximum Gasteiger partial charge on any atom is 0.194 e. The topological polar surface area (TPSA) is 83.2 Å². The number of hydrogen-bond acceptors (Lipinski definition) is 6. The van der Waals surface area contributed by atoms with E-state index in [0.717, 1.165) is 46.6 Å². The van der Waals surface area contributed by atoms with E-state index in [-0.39, 0.29) is 11.9 Å². The number of aliphatic hydroxyl groups excluding tert-OH is 1. The van der Waals surface area contributed by atoms with Crippen LogP contribution in [0, 0.1) is 19.3 Å². The van der Waals surface area contributed by atoms with Gasteiger partial charge in [-0.2, -0.15) is 4.98 Å². The fourth-order valence-corrected chi connectivity index (χ4v) is 5.57. The largest absolute Gasteiger partial charge is 0.506 e. The molecule has 2 heterocycles. The number of aryl methyl sites for hydroxylation is 2. The third-order valence-electron chi connectivity index (χ3n) is 5.75. The van der Waals surface area contributed by atoms with E-state index < -0.39 is 0 Å². The number of rotatable bonds is 3. The number of aliphatic hydroxyl groups is 1. The molecule has 3 N–H and O–H groups in total. The van der Waals surface area contributed by atoms with Gasteiger partial charge in [0, 0.05) is 6.04 Å². The summed E-state index contributed by atoms with van der Waals surface area (Å²) in [4.78, 5) is 4.61. The van der Waals surface area contributed by atoms with Crippen LogP contribution in [-0.2, 0) is 0 Å². The molecule has 2 aliphatic rings. The van der Waals surface area contributed by atoms with Crippen molar-refractivity contribution in [3.05, 3.63) is 29.5 Å². The summed E-state index contributed by atoms with van der Waals surface area (Å²) in [7, 11) is 0. The molecule has 2 saturated carbocycles. The molecule has 0 bridgehead atoms. The lowest BCUT2D eigenvalue weighted by atomic mass is 9.53. The van der Waals surface area contributed by atoms with Crippen LogP contribution in [0.4, 0.5) is 5.13 Å². The van der Waals surface area contributed by atoms with Gasteiger partial charge in [-0.1, -0.05) is 17.4 Å². The monoisotopic (exact) mass is 370 g/mol. The number of nitrogens with zero attached hydrogens (tertiary/aromatic N) is 3. The van der Waals surface area contributed by atoms with E-state index in [9.17, 15) is 10.2 Å². The number of aromatic hydroxyl groups is 1. The molecule has 26 heavy (non-hydrogen) atoms. The lowest BCUT2D eigenvalue weighted by Crippen LogP contribution is -2.54. The van der Waals surface area contributed by atoms with Gasteiger partial charge in [0.2, 0.25) is 0 Å². The second-order valence-electron chi connectivity index (χ2n) is 8.04. The molecule has 1 aromatic carbocycles. The molecule has 0 atom stereocenters. The maximum absolute atomic E-state index is 10.3. The average molecular weight is 370 g/mol. The normalized spacial score (nSPS) is 27.5. The number of hydrogen-bond donors (Lipinski definition) is 3. The van der Waals surface area contributed by atoms with Gasteiger partial charge in [0.1, 0.15) is 11.4 Å². The van der Waals surface area contributed by atoms with Gasteiger partial charge in [0.25, 0.3) is 0 Å². The van der Waals surface area contributed by atoms with Crippen LogP contribution in [0.5, 0.6) is 5.75 Å². The van der Waals surface area contributed by atoms with Crippen molar-refractivity contribution in [1.29, 1.82) is 0 Å². The molecule has 0 amide bonds. The summed E-state index contributed by atoms with van der Waals surface area (Å²) in [5, 5.41) is 28.8. The van der Waals surface area contributed by atoms with Gasteiger partial charge in [-0.3, -0.25) is 0 Å². The fraction of sp³-hybridized carbons (Fsp3) is 0.474. The molecule has 5 rings (SSSR count). The first-order valence-electron chi connectivity index (χ1n) is 9.02. The minimum absolute atomic E-state index is 0.0827. The highest BCUT2D eigenvalue weighted by molar-refractivity contribution is 7.22. The van der Waals surface area contributed by atoms with Gasteiger partial charge in [-0.25, -0.2) is 4.68 Å². The maximum atomic E-state index is 10.3. The second kappa shape index (κ2) is 5.44. The summed E-state index contributed by atoms with van der Waals surface area (Å²) < 4.78 is 2.72. The summed E-state index contributed by atoms with van der Waals surface area (Å²) in [6.45, 7) is 3.94. The Morgan fingerprint density at radius 1 is 1.23 bits per heavy atom. The van der Waals surface area contributed by atoms with E-state index in [1.54, 1.807) is 22.1 Å². The van der Waals surface area contributed by atoms with Crippen LogP contribution in [0.15, 0.2) is 18.3 Å². The summed E-state index contributed by atoms with van der Waals surface area (Å²) in [6.07, 6.45) is 6.00. The number of benzene rings is 1. The van der Waals surface area contributed by atoms with Crippen molar-refractivity contribution in [3.8, 4) is 11.4 Å². The van der Waals surface area contributed by atoms with Gasteiger partial charge >= 0.3 is 0 Å². The molecular weight excluding hydrogens is 348 g/mol. The number of aromatic nitrogens is 3. The zero-order chi connectivity index (χ0) is 18.1. The number of phenols is 1. The molecular formula is C19H22N4O2S. The number of phenolic OH excluding ortho intramolecular Hbond substituents is 1. The van der Waals surface area contributed by atoms with Gasteiger partial charge in [-0.15, -0.1) is 5.10 Å². The van der Waals surface area contributed by atoms with Crippen molar-refractivity contribution in [1.82, 2.24) is 14.8 Å². The van der Waals surface area contributed by atoms with Crippen molar-refractivity contribution < 1.29 is 10.2 Å². The second-order valence-corrected chi connectivity index (χ2v) is 9.07. The Morgan fingerprint density at radius 2 is 2.00 bits per heavy atom. The Kier molecular flexibility index (Phi) is 3.36. The van der Waals surface area contributed by atoms with Crippen LogP contribution in [0.25, 0.3) is 16.0 Å². The summed E-state index contributed by atoms with van der Waals surface area (Å²) in [6, 6.07) is 4.24. The Balaban J connectivity index is 1.34. The average Bonchev–Trinajstić information content (AvgIpc) is 3.00. The third-order valence-corrected chi connectivity index (χ3v) is 6.66. The van der Waals surface area contributed by atoms with E-state index in [1.807, 2.05) is 26.1 Å². The van der Waals surface area contributed by atoms with Crippen molar-refractivity contribution in [2.45, 2.75) is 51.7 Å². The predicted molar refractivity (Wildman–Crippen MR) is 102 cm³/mol. The van der Waals surface area contributed by atoms with Crippen molar-refractivity contribution in [2.24, 2.45) is 5.41 Å². The third kappa shape index (κ3) is 2.49. The van der Waals surface area contributed by atoms with Crippen LogP contribution >= 0.6 is 11.3 Å². The van der Waals surface area contributed by atoms with E-state index in [2.05, 4.69) is 15.4 Å². The van der Waals surface area contributed by atoms with E-state index >= 15 is 0 Å². The first kappa shape index (κ1) is 16.1. The minimum atomic E-state index is -0.0827. The van der Waals surface area contributed by atoms with Crippen LogP contribution in [-0.4, -0.2) is 37.1 Å². The smallest absolute Gasteiger partial charge is 0.194 e. The van der Waals surface area contributed by atoms with Gasteiger partial charge < -0.3 is 15.5 Å². The molecule has 2 aromatic heterocycles. The van der Waals surface area contributed by atoms with E-state index in [4.69, 9.17) is 0 Å². The molecule has 0 aliphatic heterocycles. The SMILES string of the molecule is Cc1cc(C)c(-n2cc3sc(NC4CC5(CC(O)C5)C4)nc3n2)c(O)c1. The van der Waals surface area contributed by atoms with Crippen LogP contribution < -0.4 is 5.32 Å². The first-order valence-corrected chi connectivity index (χ1v) is 9.84. The highest BCUT2D eigenvalue weighted by atomic mass is 32.1. The van der Waals surface area contributed by atoms with Crippen molar-refractivity contribution in [2.75, 3.05) is 5.32 Å². The number of anilines is 1. The molecule has 2 fully saturated rings. The number of nitrogens with one attached hydrogen (secondary N) is 1. The Hall–Kier alpha value is -2.12.